The Labute approximate surface area is 309 Å². The predicted octanol–water partition coefficient (Wildman–Crippen LogP) is 11.6. The van der Waals surface area contributed by atoms with Gasteiger partial charge in [0.05, 0.1) is 22.9 Å². The van der Waals surface area contributed by atoms with Gasteiger partial charge >= 0.3 is 0 Å². The number of aromatic nitrogens is 6. The first-order valence-corrected chi connectivity index (χ1v) is 18.1. The summed E-state index contributed by atoms with van der Waals surface area (Å²) in [6.07, 6.45) is 0. The standard InChI is InChI=1S/C46H28N6S/c1-5-14-29(15-6-1)37-28-38-39(43-42(37)51-53-52-43)36-23-13-22-35(41(36)47-40(38)31-16-7-2-8-17-31)30-24-26-34(27-25-30)46-49-44(32-18-9-3-10-19-32)48-45(50-46)33-20-11-4-12-21-33/h1-28H. The average molecular weight is 697 g/mol. The van der Waals surface area contributed by atoms with Crippen molar-refractivity contribution in [3.63, 3.8) is 0 Å². The molecule has 0 fully saturated rings. The molecule has 10 aromatic rings. The van der Waals surface area contributed by atoms with Gasteiger partial charge in [-0.2, -0.15) is 8.75 Å². The number of para-hydroxylation sites is 1. The third-order valence-corrected chi connectivity index (χ3v) is 10.1. The molecule has 0 spiro atoms. The average Bonchev–Trinajstić information content (AvgIpc) is 3.74. The Kier molecular flexibility index (Phi) is 7.55. The topological polar surface area (TPSA) is 77.3 Å². The van der Waals surface area contributed by atoms with E-state index in [4.69, 9.17) is 28.7 Å². The van der Waals surface area contributed by atoms with Crippen LogP contribution in [0.1, 0.15) is 0 Å². The molecule has 248 valence electrons. The van der Waals surface area contributed by atoms with E-state index in [-0.39, 0.29) is 0 Å². The van der Waals surface area contributed by atoms with E-state index >= 15 is 0 Å². The highest BCUT2D eigenvalue weighted by atomic mass is 32.1. The third kappa shape index (κ3) is 5.51. The van der Waals surface area contributed by atoms with Gasteiger partial charge in [-0.15, -0.1) is 0 Å². The van der Waals surface area contributed by atoms with Crippen molar-refractivity contribution in [1.29, 1.82) is 0 Å². The van der Waals surface area contributed by atoms with Gasteiger partial charge in [-0.05, 0) is 17.2 Å². The van der Waals surface area contributed by atoms with E-state index in [0.717, 1.165) is 82.9 Å². The number of hydrogen-bond donors (Lipinski definition) is 0. The first kappa shape index (κ1) is 30.8. The molecule has 7 aromatic carbocycles. The van der Waals surface area contributed by atoms with Crippen LogP contribution in [0.15, 0.2) is 170 Å². The second-order valence-electron chi connectivity index (χ2n) is 12.8. The number of fused-ring (bicyclic) bond motifs is 5. The maximum atomic E-state index is 5.47. The molecule has 0 saturated heterocycles. The van der Waals surface area contributed by atoms with Crippen molar-refractivity contribution >= 4 is 44.4 Å². The Balaban J connectivity index is 1.15. The summed E-state index contributed by atoms with van der Waals surface area (Å²) in [5, 5.41) is 3.15. The Morgan fingerprint density at radius 3 is 1.38 bits per heavy atom. The molecule has 0 aliphatic rings. The number of pyridine rings is 1. The van der Waals surface area contributed by atoms with E-state index < -0.39 is 0 Å². The quantitative estimate of drug-likeness (QED) is 0.161. The normalized spacial score (nSPS) is 11.4. The van der Waals surface area contributed by atoms with Crippen LogP contribution in [0.25, 0.3) is 100 Å². The monoisotopic (exact) mass is 696 g/mol. The maximum Gasteiger partial charge on any atom is 0.164 e. The lowest BCUT2D eigenvalue weighted by Gasteiger charge is -2.15. The number of nitrogens with zero attached hydrogens (tertiary/aromatic N) is 6. The van der Waals surface area contributed by atoms with Gasteiger partial charge in [-0.3, -0.25) is 0 Å². The molecule has 0 amide bonds. The fraction of sp³-hybridized carbons (Fsp3) is 0. The summed E-state index contributed by atoms with van der Waals surface area (Å²) in [5.74, 6) is 1.89. The van der Waals surface area contributed by atoms with Gasteiger partial charge in [0, 0.05) is 49.5 Å². The van der Waals surface area contributed by atoms with Crippen molar-refractivity contribution in [2.45, 2.75) is 0 Å². The largest absolute Gasteiger partial charge is 0.246 e. The summed E-state index contributed by atoms with van der Waals surface area (Å²) in [6, 6.07) is 58.0. The number of rotatable bonds is 6. The van der Waals surface area contributed by atoms with Crippen LogP contribution >= 0.6 is 11.7 Å². The minimum Gasteiger partial charge on any atom is -0.246 e. The van der Waals surface area contributed by atoms with Crippen molar-refractivity contribution < 1.29 is 0 Å². The first-order chi connectivity index (χ1) is 26.3. The molecule has 3 aromatic heterocycles. The van der Waals surface area contributed by atoms with Crippen LogP contribution in [-0.4, -0.2) is 28.7 Å². The molecule has 0 atom stereocenters. The highest BCUT2D eigenvalue weighted by Gasteiger charge is 2.21. The summed E-state index contributed by atoms with van der Waals surface area (Å²) >= 11 is 1.25. The smallest absolute Gasteiger partial charge is 0.164 e. The Morgan fingerprint density at radius 2 is 0.792 bits per heavy atom. The van der Waals surface area contributed by atoms with Crippen LogP contribution in [0, 0.1) is 0 Å². The zero-order chi connectivity index (χ0) is 35.1. The van der Waals surface area contributed by atoms with Crippen molar-refractivity contribution in [2.75, 3.05) is 0 Å². The second-order valence-corrected chi connectivity index (χ2v) is 13.3. The molecule has 0 saturated carbocycles. The Hall–Kier alpha value is -6.96. The minimum atomic E-state index is 0.616. The predicted molar refractivity (Wildman–Crippen MR) is 216 cm³/mol. The molecular formula is C46H28N6S. The number of benzene rings is 7. The fourth-order valence-corrected chi connectivity index (χ4v) is 7.63. The lowest BCUT2D eigenvalue weighted by atomic mass is 9.92. The molecule has 6 nitrogen and oxygen atoms in total. The first-order valence-electron chi connectivity index (χ1n) is 17.4. The summed E-state index contributed by atoms with van der Waals surface area (Å²) in [4.78, 5) is 20.2. The second kappa shape index (κ2) is 13.0. The molecule has 0 radical (unpaired) electrons. The van der Waals surface area contributed by atoms with E-state index in [9.17, 15) is 0 Å². The van der Waals surface area contributed by atoms with Crippen molar-refractivity contribution in [2.24, 2.45) is 0 Å². The zero-order valence-corrected chi connectivity index (χ0v) is 29.1. The van der Waals surface area contributed by atoms with Crippen molar-refractivity contribution in [3.05, 3.63) is 170 Å². The van der Waals surface area contributed by atoms with E-state index in [0.29, 0.717) is 17.5 Å². The van der Waals surface area contributed by atoms with Gasteiger partial charge in [-0.25, -0.2) is 19.9 Å². The molecule has 10 rings (SSSR count). The van der Waals surface area contributed by atoms with Crippen LogP contribution in [0.4, 0.5) is 0 Å². The van der Waals surface area contributed by atoms with Gasteiger partial charge in [0.25, 0.3) is 0 Å². The Bertz CT molecular complexity index is 2860. The van der Waals surface area contributed by atoms with Crippen LogP contribution in [0.3, 0.4) is 0 Å². The van der Waals surface area contributed by atoms with Crippen molar-refractivity contribution in [1.82, 2.24) is 28.7 Å². The fourth-order valence-electron chi connectivity index (χ4n) is 7.06. The highest BCUT2D eigenvalue weighted by molar-refractivity contribution is 7.00. The lowest BCUT2D eigenvalue weighted by molar-refractivity contribution is 1.07. The molecule has 3 heterocycles. The van der Waals surface area contributed by atoms with E-state index in [1.807, 2.05) is 72.8 Å². The van der Waals surface area contributed by atoms with Crippen LogP contribution in [0.5, 0.6) is 0 Å². The molecule has 0 aliphatic heterocycles. The Morgan fingerprint density at radius 1 is 0.321 bits per heavy atom. The summed E-state index contributed by atoms with van der Waals surface area (Å²) in [7, 11) is 0. The van der Waals surface area contributed by atoms with Crippen LogP contribution in [-0.2, 0) is 0 Å². The van der Waals surface area contributed by atoms with Gasteiger partial charge in [-0.1, -0.05) is 164 Å². The molecule has 53 heavy (non-hydrogen) atoms. The third-order valence-electron chi connectivity index (χ3n) is 9.61. The molecule has 7 heteroatoms. The van der Waals surface area contributed by atoms with Crippen LogP contribution < -0.4 is 0 Å². The summed E-state index contributed by atoms with van der Waals surface area (Å²) in [5.41, 5.74) is 11.7. The van der Waals surface area contributed by atoms with Gasteiger partial charge in [0.2, 0.25) is 0 Å². The number of hydrogen-bond acceptors (Lipinski definition) is 7. The van der Waals surface area contributed by atoms with Gasteiger partial charge in [0.1, 0.15) is 11.0 Å². The zero-order valence-electron chi connectivity index (χ0n) is 28.3. The van der Waals surface area contributed by atoms with Crippen molar-refractivity contribution in [3.8, 4) is 67.7 Å². The van der Waals surface area contributed by atoms with Gasteiger partial charge < -0.3 is 0 Å². The summed E-state index contributed by atoms with van der Waals surface area (Å²) in [6.45, 7) is 0. The minimum absolute atomic E-state index is 0.616. The SMILES string of the molecule is c1ccc(-c2nc(-c3ccccc3)nc(-c3ccc(-c4cccc5c4nc(-c4ccccc4)c4cc(-c6ccccc6)c6nsnc6c45)cc3)n2)cc1. The van der Waals surface area contributed by atoms with E-state index in [1.165, 1.54) is 11.7 Å². The highest BCUT2D eigenvalue weighted by Crippen LogP contribution is 2.43. The molecule has 0 aliphatic carbocycles. The molecular weight excluding hydrogens is 669 g/mol. The molecule has 0 bridgehead atoms. The van der Waals surface area contributed by atoms with E-state index in [1.54, 1.807) is 0 Å². The molecule has 0 unspecified atom stereocenters. The molecule has 0 N–H and O–H groups in total. The maximum absolute atomic E-state index is 5.47. The van der Waals surface area contributed by atoms with Crippen LogP contribution in [0.2, 0.25) is 0 Å². The van der Waals surface area contributed by atoms with Gasteiger partial charge in [0.15, 0.2) is 17.5 Å². The lowest BCUT2D eigenvalue weighted by Crippen LogP contribution is -2.00. The summed E-state index contributed by atoms with van der Waals surface area (Å²) < 4.78 is 9.73. The van der Waals surface area contributed by atoms with E-state index in [2.05, 4.69) is 97.1 Å².